The van der Waals surface area contributed by atoms with Crippen molar-refractivity contribution in [2.45, 2.75) is 6.92 Å². The van der Waals surface area contributed by atoms with Gasteiger partial charge in [0.25, 0.3) is 1.43 Å². The molecule has 0 amide bonds. The van der Waals surface area contributed by atoms with Gasteiger partial charge in [-0.25, -0.2) is 0 Å². The Morgan fingerprint density at radius 2 is 3.00 bits per heavy atom. The number of hydrogen-bond donors (Lipinski definition) is 1. The van der Waals surface area contributed by atoms with Gasteiger partial charge in [-0.1, -0.05) is 6.08 Å². The van der Waals surface area contributed by atoms with E-state index in [4.69, 9.17) is 1.43 Å². The van der Waals surface area contributed by atoms with Gasteiger partial charge in [0.05, 0.1) is 6.26 Å². The van der Waals surface area contributed by atoms with Crippen LogP contribution in [0.3, 0.4) is 0 Å². The lowest BCUT2D eigenvalue weighted by molar-refractivity contribution is 0.472. The molecule has 0 heterocycles. The summed E-state index contributed by atoms with van der Waals surface area (Å²) in [7, 11) is 0. The molecule has 0 saturated carbocycles. The largest absolute Gasteiger partial charge is 0.516 e. The number of rotatable bonds is 1. The molecule has 0 saturated heterocycles. The summed E-state index contributed by atoms with van der Waals surface area (Å²) < 4.78 is 6.02. The first-order valence-electron chi connectivity index (χ1n) is 1.55. The van der Waals surface area contributed by atoms with E-state index in [2.05, 4.69) is 5.11 Å². The first kappa shape index (κ1) is 1.82. The summed E-state index contributed by atoms with van der Waals surface area (Å²) in [6, 6.07) is 0. The molecule has 0 fully saturated rings. The van der Waals surface area contributed by atoms with Crippen molar-refractivity contribution in [1.82, 2.24) is 0 Å². The van der Waals surface area contributed by atoms with E-state index in [-0.39, 0.29) is 0 Å². The van der Waals surface area contributed by atoms with E-state index >= 15 is 0 Å². The van der Waals surface area contributed by atoms with Crippen molar-refractivity contribution < 1.29 is 5.11 Å². The molecule has 0 spiro atoms. The molecule has 0 aliphatic carbocycles. The van der Waals surface area contributed by atoms with E-state index in [1.165, 1.54) is 6.26 Å². The molecule has 0 aromatic heterocycles. The van der Waals surface area contributed by atoms with Gasteiger partial charge in [-0.3, -0.25) is 0 Å². The highest BCUT2D eigenvalue weighted by atomic mass is 16.2. The maximum Gasteiger partial charge on any atom is 0.292 e. The third-order valence-electron chi connectivity index (χ3n) is 0.136. The maximum atomic E-state index is 6.02. The lowest BCUT2D eigenvalue weighted by Crippen LogP contribution is -1.36. The van der Waals surface area contributed by atoms with Crippen LogP contribution in [-0.2, 0) is 0 Å². The fraction of sp³-hybridized carbons (Fsp3) is 0.333. The lowest BCUT2D eigenvalue weighted by atomic mass is 10.8. The second-order valence-electron chi connectivity index (χ2n) is 0.469. The first-order valence-corrected chi connectivity index (χ1v) is 1.15. The predicted molar refractivity (Wildman–Crippen MR) is 17.4 cm³/mol. The number of aliphatic hydroxyl groups is 1. The first-order chi connectivity index (χ1) is 2.41. The van der Waals surface area contributed by atoms with Crippen LogP contribution >= 0.6 is 0 Å². The second kappa shape index (κ2) is 2.54. The van der Waals surface area contributed by atoms with Gasteiger partial charge in [-0.15, -0.1) is 0 Å². The molecule has 0 aromatic rings. The summed E-state index contributed by atoms with van der Waals surface area (Å²) in [5.74, 6) is 0. The van der Waals surface area contributed by atoms with Gasteiger partial charge in [0.1, 0.15) is 0 Å². The van der Waals surface area contributed by atoms with Crippen LogP contribution in [0.5, 0.6) is 0 Å². The predicted octanol–water partition coefficient (Wildman–Crippen LogP) is 1.08. The second-order valence-corrected chi connectivity index (χ2v) is 0.469. The quantitative estimate of drug-likeness (QED) is 0.448. The fourth-order valence-electron chi connectivity index (χ4n) is 0. The van der Waals surface area contributed by atoms with Crippen molar-refractivity contribution in [2.75, 3.05) is 0 Å². The highest BCUT2D eigenvalue weighted by molar-refractivity contribution is 4.60. The number of allylic oxidation sites excluding steroid dienone is 1. The number of aliphatic hydroxyl groups excluding tert-OH is 1. The van der Waals surface area contributed by atoms with Crippen LogP contribution in [0.2, 0.25) is 0 Å². The normalized spacial score (nSPS) is 11.8. The maximum absolute atomic E-state index is 6.02. The molecule has 1 N–H and O–H groups in total. The molecular weight excluding hydrogens is 52.0 g/mol. The van der Waals surface area contributed by atoms with E-state index < -0.39 is 0 Å². The Morgan fingerprint density at radius 3 is 3.00 bits per heavy atom. The fourth-order valence-corrected chi connectivity index (χ4v) is 0. The minimum Gasteiger partial charge on any atom is -0.516 e. The average molecular weight is 59.1 g/mol. The van der Waals surface area contributed by atoms with Crippen molar-refractivity contribution in [3.8, 4) is 0 Å². The van der Waals surface area contributed by atoms with Crippen LogP contribution in [-0.4, -0.2) is 5.11 Å². The van der Waals surface area contributed by atoms with Crippen molar-refractivity contribution in [1.29, 1.82) is 1.43 Å². The zero-order valence-electron chi connectivity index (χ0n) is 3.56. The van der Waals surface area contributed by atoms with Gasteiger partial charge in [0.15, 0.2) is 0 Å². The topological polar surface area (TPSA) is 20.2 Å². The standard InChI is InChI=1S/C3H6O/c1-2-3-4/h2-4H,1H3/b3-2-/i/hD. The molecular formula is C3H6O. The third kappa shape index (κ3) is 1.54. The molecule has 0 unspecified atom stereocenters. The van der Waals surface area contributed by atoms with Crippen molar-refractivity contribution in [2.24, 2.45) is 0 Å². The van der Waals surface area contributed by atoms with Crippen LogP contribution in [0.4, 0.5) is 0 Å². The Morgan fingerprint density at radius 1 is 2.25 bits per heavy atom. The van der Waals surface area contributed by atoms with E-state index in [0.717, 1.165) is 0 Å². The average Bonchev–Trinajstić information content (AvgIpc) is 1.41. The van der Waals surface area contributed by atoms with E-state index in [0.29, 0.717) is 0 Å². The van der Waals surface area contributed by atoms with E-state index in [1.54, 1.807) is 13.0 Å². The zero-order valence-corrected chi connectivity index (χ0v) is 2.56. The van der Waals surface area contributed by atoms with Crippen LogP contribution in [0, 0.1) is 0 Å². The van der Waals surface area contributed by atoms with Gasteiger partial charge < -0.3 is 5.11 Å². The summed E-state index contributed by atoms with van der Waals surface area (Å²) in [6.07, 6.45) is 2.94. The SMILES string of the molecule is [2H]O/C=C\C. The minimum atomic E-state index is 1.29. The molecule has 4 heavy (non-hydrogen) atoms. The third-order valence-corrected chi connectivity index (χ3v) is 0.136. The molecule has 24 valence electrons. The van der Waals surface area contributed by atoms with Crippen molar-refractivity contribution in [3.05, 3.63) is 12.3 Å². The summed E-state index contributed by atoms with van der Waals surface area (Å²) in [6.45, 7) is 1.79. The lowest BCUT2D eigenvalue weighted by Gasteiger charge is -1.53. The van der Waals surface area contributed by atoms with Crippen LogP contribution in [0.15, 0.2) is 12.3 Å². The Labute approximate surface area is 27.1 Å². The van der Waals surface area contributed by atoms with Gasteiger partial charge >= 0.3 is 0 Å². The van der Waals surface area contributed by atoms with Gasteiger partial charge in [0, 0.05) is 0 Å². The van der Waals surface area contributed by atoms with Crippen LogP contribution in [0.1, 0.15) is 6.92 Å². The Hall–Kier alpha value is -0.460. The summed E-state index contributed by atoms with van der Waals surface area (Å²) in [5, 5.41) is 3.76. The monoisotopic (exact) mass is 59.0 g/mol. The molecule has 0 radical (unpaired) electrons. The van der Waals surface area contributed by atoms with Gasteiger partial charge in [0.2, 0.25) is 0 Å². The summed E-state index contributed by atoms with van der Waals surface area (Å²) in [4.78, 5) is 0. The van der Waals surface area contributed by atoms with Gasteiger partial charge in [-0.05, 0) is 6.92 Å². The van der Waals surface area contributed by atoms with Crippen LogP contribution in [0.25, 0.3) is 1.43 Å². The zero-order chi connectivity index (χ0) is 4.12. The molecule has 0 atom stereocenters. The summed E-state index contributed by atoms with van der Waals surface area (Å²) >= 11 is 0. The van der Waals surface area contributed by atoms with Gasteiger partial charge in [-0.2, -0.15) is 0 Å². The molecule has 0 aliphatic rings. The Kier molecular flexibility index (Phi) is 1.16. The van der Waals surface area contributed by atoms with E-state index in [1.807, 2.05) is 0 Å². The van der Waals surface area contributed by atoms with Crippen molar-refractivity contribution >= 4 is 0 Å². The van der Waals surface area contributed by atoms with Crippen LogP contribution < -0.4 is 0 Å². The molecule has 0 bridgehead atoms. The Bertz CT molecular complexity index is 33.9. The molecule has 0 aliphatic heterocycles. The minimum absolute atomic E-state index is 1.29. The molecule has 0 rings (SSSR count). The smallest absolute Gasteiger partial charge is 0.292 e. The van der Waals surface area contributed by atoms with Crippen molar-refractivity contribution in [3.63, 3.8) is 0 Å². The highest BCUT2D eigenvalue weighted by Gasteiger charge is 1.35. The highest BCUT2D eigenvalue weighted by Crippen LogP contribution is 1.51. The van der Waals surface area contributed by atoms with E-state index in [9.17, 15) is 0 Å². The summed E-state index contributed by atoms with van der Waals surface area (Å²) in [5.41, 5.74) is 0. The Balaban J connectivity index is 2.62. The number of hydrogen-bond acceptors (Lipinski definition) is 1. The molecule has 0 aromatic carbocycles. The molecule has 1 heteroatoms. The molecule has 1 nitrogen and oxygen atoms in total.